The van der Waals surface area contributed by atoms with Crippen molar-refractivity contribution in [1.29, 1.82) is 10.5 Å². The lowest BCUT2D eigenvalue weighted by Crippen LogP contribution is -2.44. The topological polar surface area (TPSA) is 101 Å². The van der Waals surface area contributed by atoms with Crippen LogP contribution in [0.25, 0.3) is 5.70 Å². The summed E-state index contributed by atoms with van der Waals surface area (Å²) in [5, 5.41) is 26.7. The summed E-state index contributed by atoms with van der Waals surface area (Å²) >= 11 is 0. The molecule has 7 heteroatoms. The van der Waals surface area contributed by atoms with Gasteiger partial charge in [0.05, 0.1) is 22.7 Å². The van der Waals surface area contributed by atoms with E-state index in [1.54, 1.807) is 6.20 Å². The third-order valence-electron chi connectivity index (χ3n) is 7.81. The van der Waals surface area contributed by atoms with Gasteiger partial charge in [-0.3, -0.25) is 4.98 Å². The zero-order valence-electron chi connectivity index (χ0n) is 22.6. The molecule has 0 aromatic carbocycles. The van der Waals surface area contributed by atoms with E-state index < -0.39 is 5.41 Å². The quantitative estimate of drug-likeness (QED) is 0.563. The number of pyridine rings is 2. The Morgan fingerprint density at radius 1 is 1.22 bits per heavy atom. The second-order valence-electron chi connectivity index (χ2n) is 10.9. The summed E-state index contributed by atoms with van der Waals surface area (Å²) in [5.41, 5.74) is 4.16. The van der Waals surface area contributed by atoms with Crippen molar-refractivity contribution in [3.8, 4) is 12.1 Å². The first kappa shape index (κ1) is 26.6. The van der Waals surface area contributed by atoms with E-state index in [2.05, 4.69) is 58.6 Å². The summed E-state index contributed by atoms with van der Waals surface area (Å²) in [7, 11) is 0. The van der Waals surface area contributed by atoms with Gasteiger partial charge in [0.15, 0.2) is 0 Å². The Bertz CT molecular complexity index is 1200. The SMILES string of the molecule is CCC=C(NC1CCC(C)[C@H](c2cnc(N3CCNCC3)c(C#N)c2)C1)c1ccnc(C(C)(C)C#N)c1. The predicted octanol–water partition coefficient (Wildman–Crippen LogP) is 4.87. The standard InChI is InChI=1S/C30H39N7/c1-5-6-27(22-9-10-34-28(16-22)30(3,4)20-32)36-25-8-7-21(2)26(17-25)24-15-23(18-31)29(35-19-24)37-13-11-33-12-14-37/h6,9-10,15-16,19,21,25-26,33,36H,5,7-8,11-14,17H2,1-4H3/t21?,25?,26-/m1/s1. The van der Waals surface area contributed by atoms with Crippen molar-refractivity contribution in [1.82, 2.24) is 20.6 Å². The van der Waals surface area contributed by atoms with Crippen LogP contribution in [0.4, 0.5) is 5.82 Å². The van der Waals surface area contributed by atoms with Gasteiger partial charge in [0.25, 0.3) is 0 Å². The van der Waals surface area contributed by atoms with Crippen molar-refractivity contribution < 1.29 is 0 Å². The van der Waals surface area contributed by atoms with Gasteiger partial charge in [0.2, 0.25) is 0 Å². The number of nitrogens with one attached hydrogen (secondary N) is 2. The van der Waals surface area contributed by atoms with Crippen LogP contribution >= 0.6 is 0 Å². The number of allylic oxidation sites excluding steroid dienone is 1. The molecule has 37 heavy (non-hydrogen) atoms. The molecule has 2 N–H and O–H groups in total. The van der Waals surface area contributed by atoms with E-state index in [9.17, 15) is 10.5 Å². The van der Waals surface area contributed by atoms with Crippen molar-refractivity contribution in [3.63, 3.8) is 0 Å². The largest absolute Gasteiger partial charge is 0.382 e. The van der Waals surface area contributed by atoms with Crippen molar-refractivity contribution in [3.05, 3.63) is 59.1 Å². The van der Waals surface area contributed by atoms with Crippen LogP contribution in [0, 0.1) is 28.6 Å². The van der Waals surface area contributed by atoms with E-state index in [4.69, 9.17) is 4.98 Å². The predicted molar refractivity (Wildman–Crippen MR) is 148 cm³/mol. The number of hydrogen-bond acceptors (Lipinski definition) is 7. The minimum Gasteiger partial charge on any atom is -0.382 e. The van der Waals surface area contributed by atoms with E-state index in [-0.39, 0.29) is 0 Å². The maximum Gasteiger partial charge on any atom is 0.146 e. The highest BCUT2D eigenvalue weighted by atomic mass is 15.2. The first-order chi connectivity index (χ1) is 17.9. The Hall–Kier alpha value is -3.42. The fraction of sp³-hybridized carbons (Fsp3) is 0.533. The molecule has 0 bridgehead atoms. The van der Waals surface area contributed by atoms with E-state index in [0.717, 1.165) is 80.2 Å². The zero-order valence-corrected chi connectivity index (χ0v) is 22.6. The van der Waals surface area contributed by atoms with Crippen molar-refractivity contribution in [2.75, 3.05) is 31.1 Å². The molecule has 0 spiro atoms. The van der Waals surface area contributed by atoms with Gasteiger partial charge in [-0.05, 0) is 75.1 Å². The zero-order chi connectivity index (χ0) is 26.4. The van der Waals surface area contributed by atoms with E-state index in [0.29, 0.717) is 23.4 Å². The Balaban J connectivity index is 1.54. The molecule has 0 radical (unpaired) electrons. The van der Waals surface area contributed by atoms with Gasteiger partial charge in [0.1, 0.15) is 11.9 Å². The molecule has 1 saturated heterocycles. The third-order valence-corrected chi connectivity index (χ3v) is 7.81. The molecule has 3 heterocycles. The molecule has 2 aromatic rings. The average Bonchev–Trinajstić information content (AvgIpc) is 2.94. The highest BCUT2D eigenvalue weighted by Gasteiger charge is 2.31. The minimum atomic E-state index is -0.638. The number of aromatic nitrogens is 2. The lowest BCUT2D eigenvalue weighted by Gasteiger charge is -2.36. The molecule has 4 rings (SSSR count). The van der Waals surface area contributed by atoms with Gasteiger partial charge in [0, 0.05) is 55.9 Å². The molecule has 7 nitrogen and oxygen atoms in total. The second-order valence-corrected chi connectivity index (χ2v) is 10.9. The van der Waals surface area contributed by atoms with Gasteiger partial charge in [-0.2, -0.15) is 10.5 Å². The Morgan fingerprint density at radius 2 is 2.00 bits per heavy atom. The van der Waals surface area contributed by atoms with Crippen molar-refractivity contribution in [2.45, 2.75) is 70.8 Å². The summed E-state index contributed by atoms with van der Waals surface area (Å²) in [5.74, 6) is 1.68. The summed E-state index contributed by atoms with van der Waals surface area (Å²) in [6.07, 6.45) is 10.1. The number of hydrogen-bond donors (Lipinski definition) is 2. The molecule has 1 aliphatic carbocycles. The summed E-state index contributed by atoms with van der Waals surface area (Å²) in [4.78, 5) is 11.5. The van der Waals surface area contributed by atoms with Gasteiger partial charge < -0.3 is 15.5 Å². The Labute approximate surface area is 221 Å². The van der Waals surface area contributed by atoms with Crippen LogP contribution in [0.1, 0.15) is 81.7 Å². The van der Waals surface area contributed by atoms with Crippen LogP contribution in [0.2, 0.25) is 0 Å². The fourth-order valence-electron chi connectivity index (χ4n) is 5.49. The molecule has 194 valence electrons. The lowest BCUT2D eigenvalue weighted by molar-refractivity contribution is 0.283. The lowest BCUT2D eigenvalue weighted by atomic mass is 9.74. The van der Waals surface area contributed by atoms with Crippen LogP contribution < -0.4 is 15.5 Å². The number of piperazine rings is 1. The van der Waals surface area contributed by atoms with E-state index in [1.807, 2.05) is 32.2 Å². The van der Waals surface area contributed by atoms with Crippen molar-refractivity contribution >= 4 is 11.5 Å². The van der Waals surface area contributed by atoms with Crippen LogP contribution in [0.3, 0.4) is 0 Å². The maximum atomic E-state index is 9.91. The molecule has 3 atom stereocenters. The monoisotopic (exact) mass is 497 g/mol. The normalized spacial score (nSPS) is 22.7. The van der Waals surface area contributed by atoms with Gasteiger partial charge >= 0.3 is 0 Å². The number of rotatable bonds is 7. The Kier molecular flexibility index (Phi) is 8.46. The summed E-state index contributed by atoms with van der Waals surface area (Å²) in [6.45, 7) is 11.9. The molecule has 1 aliphatic heterocycles. The smallest absolute Gasteiger partial charge is 0.146 e. The molecular weight excluding hydrogens is 458 g/mol. The minimum absolute atomic E-state index is 0.318. The molecule has 2 aliphatic rings. The van der Waals surface area contributed by atoms with E-state index in [1.165, 1.54) is 0 Å². The van der Waals surface area contributed by atoms with Crippen LogP contribution in [0.5, 0.6) is 0 Å². The summed E-state index contributed by atoms with van der Waals surface area (Å²) in [6, 6.07) is 11.2. The first-order valence-electron chi connectivity index (χ1n) is 13.6. The van der Waals surface area contributed by atoms with Crippen molar-refractivity contribution in [2.24, 2.45) is 5.92 Å². The molecule has 2 aromatic heterocycles. The molecular formula is C30H39N7. The fourth-order valence-corrected chi connectivity index (χ4v) is 5.49. The van der Waals surface area contributed by atoms with Crippen LogP contribution in [-0.2, 0) is 5.41 Å². The van der Waals surface area contributed by atoms with Gasteiger partial charge in [-0.15, -0.1) is 0 Å². The third kappa shape index (κ3) is 6.12. The number of nitrogens with zero attached hydrogens (tertiary/aromatic N) is 5. The van der Waals surface area contributed by atoms with E-state index >= 15 is 0 Å². The average molecular weight is 498 g/mol. The second kappa shape index (κ2) is 11.8. The van der Waals surface area contributed by atoms with Gasteiger partial charge in [-0.1, -0.05) is 19.9 Å². The highest BCUT2D eigenvalue weighted by molar-refractivity contribution is 5.64. The molecule has 2 fully saturated rings. The van der Waals surface area contributed by atoms with Crippen LogP contribution in [0.15, 0.2) is 36.7 Å². The molecule has 0 amide bonds. The first-order valence-corrected chi connectivity index (χ1v) is 13.6. The summed E-state index contributed by atoms with van der Waals surface area (Å²) < 4.78 is 0. The maximum absolute atomic E-state index is 9.91. The number of nitriles is 2. The van der Waals surface area contributed by atoms with Crippen LogP contribution in [-0.4, -0.2) is 42.2 Å². The molecule has 2 unspecified atom stereocenters. The molecule has 1 saturated carbocycles. The van der Waals surface area contributed by atoms with Gasteiger partial charge in [-0.25, -0.2) is 4.98 Å². The number of anilines is 1. The Morgan fingerprint density at radius 3 is 2.70 bits per heavy atom. The highest BCUT2D eigenvalue weighted by Crippen LogP contribution is 2.39.